The summed E-state index contributed by atoms with van der Waals surface area (Å²) in [7, 11) is 1.67. The smallest absolute Gasteiger partial charge is 0.250 e. The molecular weight excluding hydrogens is 368 g/mol. The van der Waals surface area contributed by atoms with Gasteiger partial charge in [0, 0.05) is 39.1 Å². The van der Waals surface area contributed by atoms with Gasteiger partial charge in [-0.3, -0.25) is 4.79 Å². The van der Waals surface area contributed by atoms with Crippen molar-refractivity contribution < 1.29 is 9.47 Å². The van der Waals surface area contributed by atoms with E-state index in [1.54, 1.807) is 30.0 Å². The van der Waals surface area contributed by atoms with Crippen LogP contribution in [0.25, 0.3) is 0 Å². The van der Waals surface area contributed by atoms with E-state index in [2.05, 4.69) is 27.8 Å². The van der Waals surface area contributed by atoms with Crippen molar-refractivity contribution in [2.45, 2.75) is 26.4 Å². The van der Waals surface area contributed by atoms with E-state index in [0.29, 0.717) is 32.9 Å². The molecule has 0 spiro atoms. The molecule has 0 aliphatic rings. The molecule has 0 bridgehead atoms. The molecule has 0 aliphatic heterocycles. The number of ether oxygens (including phenoxy) is 2. The van der Waals surface area contributed by atoms with Crippen LogP contribution < -0.4 is 16.2 Å². The summed E-state index contributed by atoms with van der Waals surface area (Å²) in [5.41, 5.74) is 2.21. The number of pyridine rings is 1. The number of guanidine groups is 1. The number of hydrogen-bond donors (Lipinski definition) is 2. The van der Waals surface area contributed by atoms with Crippen molar-refractivity contribution in [1.29, 1.82) is 0 Å². The maximum Gasteiger partial charge on any atom is 0.250 e. The fourth-order valence-electron chi connectivity index (χ4n) is 2.68. The number of hydrogen-bond acceptors (Lipinski definition) is 4. The summed E-state index contributed by atoms with van der Waals surface area (Å²) in [5, 5.41) is 6.58. The Hall–Kier alpha value is -2.64. The average molecular weight is 401 g/mol. The second kappa shape index (κ2) is 13.5. The SMILES string of the molecule is CCNC(=NCc1ccc(Cn2ccccc2=O)cc1)NCCCOCCOC. The van der Waals surface area contributed by atoms with Crippen molar-refractivity contribution in [3.8, 4) is 0 Å². The van der Waals surface area contributed by atoms with Gasteiger partial charge in [-0.1, -0.05) is 30.3 Å². The fourth-order valence-corrected chi connectivity index (χ4v) is 2.68. The average Bonchev–Trinajstić information content (AvgIpc) is 2.74. The minimum atomic E-state index is 0.00614. The first kappa shape index (κ1) is 22.6. The number of aromatic nitrogens is 1. The maximum absolute atomic E-state index is 11.8. The lowest BCUT2D eigenvalue weighted by atomic mass is 10.1. The molecule has 0 amide bonds. The van der Waals surface area contributed by atoms with E-state index in [1.807, 2.05) is 25.1 Å². The van der Waals surface area contributed by atoms with Crippen LogP contribution >= 0.6 is 0 Å². The molecule has 0 unspecified atom stereocenters. The van der Waals surface area contributed by atoms with Crippen LogP contribution in [0, 0.1) is 0 Å². The quantitative estimate of drug-likeness (QED) is 0.324. The molecule has 1 heterocycles. The van der Waals surface area contributed by atoms with E-state index < -0.39 is 0 Å². The lowest BCUT2D eigenvalue weighted by molar-refractivity contribution is 0.0698. The molecule has 0 saturated heterocycles. The third kappa shape index (κ3) is 8.93. The van der Waals surface area contributed by atoms with Crippen LogP contribution in [0.15, 0.2) is 58.4 Å². The Morgan fingerprint density at radius 1 is 1.03 bits per heavy atom. The second-order valence-corrected chi connectivity index (χ2v) is 6.56. The van der Waals surface area contributed by atoms with Gasteiger partial charge in [0.25, 0.3) is 5.56 Å². The van der Waals surface area contributed by atoms with Gasteiger partial charge in [0.05, 0.1) is 26.3 Å². The van der Waals surface area contributed by atoms with Crippen LogP contribution in [0.3, 0.4) is 0 Å². The molecular formula is C22H32N4O3. The normalized spacial score (nSPS) is 11.4. The first-order valence-electron chi connectivity index (χ1n) is 10.0. The molecule has 0 aliphatic carbocycles. The van der Waals surface area contributed by atoms with Gasteiger partial charge in [0.2, 0.25) is 0 Å². The van der Waals surface area contributed by atoms with E-state index in [1.165, 1.54) is 0 Å². The zero-order valence-corrected chi connectivity index (χ0v) is 17.4. The predicted octanol–water partition coefficient (Wildman–Crippen LogP) is 2.00. The minimum Gasteiger partial charge on any atom is -0.382 e. The zero-order valence-electron chi connectivity index (χ0n) is 17.4. The Kier molecular flexibility index (Phi) is 10.6. The van der Waals surface area contributed by atoms with Crippen molar-refractivity contribution in [1.82, 2.24) is 15.2 Å². The summed E-state index contributed by atoms with van der Waals surface area (Å²) in [5.74, 6) is 0.796. The summed E-state index contributed by atoms with van der Waals surface area (Å²) in [6.07, 6.45) is 2.71. The molecule has 29 heavy (non-hydrogen) atoms. The van der Waals surface area contributed by atoms with Gasteiger partial charge >= 0.3 is 0 Å². The lowest BCUT2D eigenvalue weighted by Gasteiger charge is -2.11. The highest BCUT2D eigenvalue weighted by Crippen LogP contribution is 2.07. The predicted molar refractivity (Wildman–Crippen MR) is 116 cm³/mol. The van der Waals surface area contributed by atoms with E-state index in [-0.39, 0.29) is 5.56 Å². The molecule has 7 nitrogen and oxygen atoms in total. The van der Waals surface area contributed by atoms with E-state index in [4.69, 9.17) is 9.47 Å². The molecule has 1 aromatic carbocycles. The highest BCUT2D eigenvalue weighted by Gasteiger charge is 2.00. The van der Waals surface area contributed by atoms with Gasteiger partial charge in [-0.25, -0.2) is 4.99 Å². The number of methoxy groups -OCH3 is 1. The Balaban J connectivity index is 1.80. The van der Waals surface area contributed by atoms with Crippen molar-refractivity contribution in [3.05, 3.63) is 70.1 Å². The number of rotatable bonds is 12. The van der Waals surface area contributed by atoms with Crippen LogP contribution in [0.2, 0.25) is 0 Å². The van der Waals surface area contributed by atoms with Crippen molar-refractivity contribution in [3.63, 3.8) is 0 Å². The topological polar surface area (TPSA) is 76.9 Å². The van der Waals surface area contributed by atoms with Crippen molar-refractivity contribution in [2.24, 2.45) is 4.99 Å². The van der Waals surface area contributed by atoms with Gasteiger partial charge in [0.15, 0.2) is 5.96 Å². The summed E-state index contributed by atoms with van der Waals surface area (Å²) < 4.78 is 12.1. The first-order valence-corrected chi connectivity index (χ1v) is 10.0. The van der Waals surface area contributed by atoms with Crippen LogP contribution in [0.5, 0.6) is 0 Å². The Bertz CT molecular complexity index is 787. The molecule has 7 heteroatoms. The van der Waals surface area contributed by atoms with Gasteiger partial charge < -0.3 is 24.7 Å². The highest BCUT2D eigenvalue weighted by molar-refractivity contribution is 5.79. The molecule has 0 atom stereocenters. The fraction of sp³-hybridized carbons (Fsp3) is 0.455. The zero-order chi connectivity index (χ0) is 20.7. The summed E-state index contributed by atoms with van der Waals surface area (Å²) >= 11 is 0. The molecule has 0 fully saturated rings. The van der Waals surface area contributed by atoms with Gasteiger partial charge in [0.1, 0.15) is 0 Å². The number of benzene rings is 1. The lowest BCUT2D eigenvalue weighted by Crippen LogP contribution is -2.38. The van der Waals surface area contributed by atoms with Gasteiger partial charge in [-0.05, 0) is 30.5 Å². The van der Waals surface area contributed by atoms with Crippen LogP contribution in [-0.2, 0) is 22.6 Å². The molecule has 2 aromatic rings. The van der Waals surface area contributed by atoms with Crippen LogP contribution in [0.4, 0.5) is 0 Å². The first-order chi connectivity index (χ1) is 14.2. The van der Waals surface area contributed by atoms with E-state index in [0.717, 1.165) is 36.6 Å². The van der Waals surface area contributed by atoms with E-state index >= 15 is 0 Å². The molecule has 0 saturated carbocycles. The molecule has 0 radical (unpaired) electrons. The molecule has 2 N–H and O–H groups in total. The monoisotopic (exact) mass is 400 g/mol. The van der Waals surface area contributed by atoms with E-state index in [9.17, 15) is 4.79 Å². The number of nitrogens with one attached hydrogen (secondary N) is 2. The second-order valence-electron chi connectivity index (χ2n) is 6.56. The summed E-state index contributed by atoms with van der Waals surface area (Å²) in [6.45, 7) is 6.75. The highest BCUT2D eigenvalue weighted by atomic mass is 16.5. The van der Waals surface area contributed by atoms with Gasteiger partial charge in [-0.2, -0.15) is 0 Å². The standard InChI is InChI=1S/C22H32N4O3/c1-3-23-22(24-12-6-14-29-16-15-28-2)25-17-19-8-10-20(11-9-19)18-26-13-5-4-7-21(26)27/h4-5,7-11,13H,3,6,12,14-18H2,1-2H3,(H2,23,24,25). The van der Waals surface area contributed by atoms with Crippen LogP contribution in [-0.4, -0.2) is 50.5 Å². The number of nitrogens with zero attached hydrogens (tertiary/aromatic N) is 2. The Morgan fingerprint density at radius 3 is 2.55 bits per heavy atom. The molecule has 158 valence electrons. The van der Waals surface area contributed by atoms with Crippen molar-refractivity contribution >= 4 is 5.96 Å². The largest absolute Gasteiger partial charge is 0.382 e. The summed E-state index contributed by atoms with van der Waals surface area (Å²) in [6, 6.07) is 13.4. The molecule has 2 rings (SSSR count). The third-order valence-corrected chi connectivity index (χ3v) is 4.23. The minimum absolute atomic E-state index is 0.00614. The number of aliphatic imine (C=N–C) groups is 1. The molecule has 1 aromatic heterocycles. The Labute approximate surface area is 172 Å². The third-order valence-electron chi connectivity index (χ3n) is 4.23. The Morgan fingerprint density at radius 2 is 1.83 bits per heavy atom. The summed E-state index contributed by atoms with van der Waals surface area (Å²) in [4.78, 5) is 16.5. The maximum atomic E-state index is 11.8. The van der Waals surface area contributed by atoms with Crippen LogP contribution in [0.1, 0.15) is 24.5 Å². The van der Waals surface area contributed by atoms with Gasteiger partial charge in [-0.15, -0.1) is 0 Å². The van der Waals surface area contributed by atoms with Crippen molar-refractivity contribution in [2.75, 3.05) is 40.0 Å².